The predicted octanol–water partition coefficient (Wildman–Crippen LogP) is 1.92. The Morgan fingerprint density at radius 3 is 2.57 bits per heavy atom. The van der Waals surface area contributed by atoms with Crippen LogP contribution in [0.2, 0.25) is 0 Å². The van der Waals surface area contributed by atoms with Crippen LogP contribution >= 0.6 is 0 Å². The van der Waals surface area contributed by atoms with Crippen LogP contribution in [0.4, 0.5) is 5.69 Å². The van der Waals surface area contributed by atoms with Gasteiger partial charge < -0.3 is 14.5 Å². The lowest BCUT2D eigenvalue weighted by Crippen LogP contribution is -2.43. The van der Waals surface area contributed by atoms with Crippen LogP contribution in [-0.2, 0) is 14.3 Å². The van der Waals surface area contributed by atoms with Crippen molar-refractivity contribution in [3.8, 4) is 0 Å². The van der Waals surface area contributed by atoms with Crippen molar-refractivity contribution in [3.63, 3.8) is 0 Å². The van der Waals surface area contributed by atoms with Crippen molar-refractivity contribution in [2.75, 3.05) is 38.3 Å². The molecule has 2 heterocycles. The number of ether oxygens (including phenoxy) is 1. The minimum absolute atomic E-state index is 0.0452. The standard InChI is InChI=1S/C18H24N2O3/c1-23-13-14-7-9-19(10-8-14)18(22)15-11-17(21)20(12-15)16-5-3-2-4-6-16/h2-6,14-15H,7-13H2,1H3. The van der Waals surface area contributed by atoms with Gasteiger partial charge in [0.25, 0.3) is 0 Å². The van der Waals surface area contributed by atoms with Crippen molar-refractivity contribution >= 4 is 17.5 Å². The van der Waals surface area contributed by atoms with Crippen LogP contribution in [0.5, 0.6) is 0 Å². The van der Waals surface area contributed by atoms with Crippen molar-refractivity contribution in [3.05, 3.63) is 30.3 Å². The summed E-state index contributed by atoms with van der Waals surface area (Å²) in [6, 6.07) is 9.59. The number of hydrogen-bond acceptors (Lipinski definition) is 3. The molecule has 3 rings (SSSR count). The van der Waals surface area contributed by atoms with E-state index in [2.05, 4.69) is 0 Å². The third-order valence-corrected chi connectivity index (χ3v) is 4.87. The summed E-state index contributed by atoms with van der Waals surface area (Å²) in [4.78, 5) is 28.6. The van der Waals surface area contributed by atoms with E-state index >= 15 is 0 Å². The van der Waals surface area contributed by atoms with Crippen molar-refractivity contribution < 1.29 is 14.3 Å². The maximum absolute atomic E-state index is 12.7. The molecule has 0 aliphatic carbocycles. The lowest BCUT2D eigenvalue weighted by Gasteiger charge is -2.33. The van der Waals surface area contributed by atoms with E-state index in [1.165, 1.54) is 0 Å². The molecule has 2 amide bonds. The monoisotopic (exact) mass is 316 g/mol. The summed E-state index contributed by atoms with van der Waals surface area (Å²) in [7, 11) is 1.72. The molecule has 0 N–H and O–H groups in total. The van der Waals surface area contributed by atoms with Gasteiger partial charge in [0.1, 0.15) is 0 Å². The van der Waals surface area contributed by atoms with Crippen molar-refractivity contribution in [2.24, 2.45) is 11.8 Å². The third-order valence-electron chi connectivity index (χ3n) is 4.87. The van der Waals surface area contributed by atoms with Crippen molar-refractivity contribution in [2.45, 2.75) is 19.3 Å². The van der Waals surface area contributed by atoms with Crippen LogP contribution in [-0.4, -0.2) is 50.1 Å². The Hall–Kier alpha value is -1.88. The summed E-state index contributed by atoms with van der Waals surface area (Å²) in [5.74, 6) is 0.522. The second-order valence-corrected chi connectivity index (χ2v) is 6.46. The molecule has 2 saturated heterocycles. The maximum Gasteiger partial charge on any atom is 0.228 e. The molecule has 2 aliphatic heterocycles. The molecule has 5 nitrogen and oxygen atoms in total. The number of amides is 2. The van der Waals surface area contributed by atoms with Gasteiger partial charge in [-0.3, -0.25) is 9.59 Å². The molecule has 124 valence electrons. The van der Waals surface area contributed by atoms with Gasteiger partial charge in [-0.15, -0.1) is 0 Å². The van der Waals surface area contributed by atoms with Crippen molar-refractivity contribution in [1.29, 1.82) is 0 Å². The van der Waals surface area contributed by atoms with E-state index in [1.54, 1.807) is 12.0 Å². The average molecular weight is 316 g/mol. The Morgan fingerprint density at radius 2 is 1.91 bits per heavy atom. The predicted molar refractivity (Wildman–Crippen MR) is 88.1 cm³/mol. The Morgan fingerprint density at radius 1 is 1.22 bits per heavy atom. The summed E-state index contributed by atoms with van der Waals surface area (Å²) >= 11 is 0. The zero-order chi connectivity index (χ0) is 16.2. The first-order valence-corrected chi connectivity index (χ1v) is 8.32. The van der Waals surface area contributed by atoms with Crippen LogP contribution in [0, 0.1) is 11.8 Å². The van der Waals surface area contributed by atoms with E-state index in [-0.39, 0.29) is 17.7 Å². The number of hydrogen-bond donors (Lipinski definition) is 0. The highest BCUT2D eigenvalue weighted by atomic mass is 16.5. The zero-order valence-electron chi connectivity index (χ0n) is 13.6. The van der Waals surface area contributed by atoms with Crippen LogP contribution < -0.4 is 4.90 Å². The van der Waals surface area contributed by atoms with Crippen LogP contribution in [0.1, 0.15) is 19.3 Å². The van der Waals surface area contributed by atoms with Crippen LogP contribution in [0.25, 0.3) is 0 Å². The second-order valence-electron chi connectivity index (χ2n) is 6.46. The lowest BCUT2D eigenvalue weighted by molar-refractivity contribution is -0.137. The number of likely N-dealkylation sites (tertiary alicyclic amines) is 1. The summed E-state index contributed by atoms with van der Waals surface area (Å²) < 4.78 is 5.20. The molecule has 2 fully saturated rings. The molecular weight excluding hydrogens is 292 g/mol. The molecule has 1 aromatic carbocycles. The Bertz CT molecular complexity index is 553. The van der Waals surface area contributed by atoms with E-state index in [9.17, 15) is 9.59 Å². The topological polar surface area (TPSA) is 49.9 Å². The number of anilines is 1. The largest absolute Gasteiger partial charge is 0.384 e. The molecule has 0 radical (unpaired) electrons. The number of piperidine rings is 1. The minimum atomic E-state index is -0.207. The number of benzene rings is 1. The normalized spacial score (nSPS) is 22.7. The van der Waals surface area contributed by atoms with Crippen LogP contribution in [0.15, 0.2) is 30.3 Å². The van der Waals surface area contributed by atoms with Gasteiger partial charge >= 0.3 is 0 Å². The minimum Gasteiger partial charge on any atom is -0.384 e. The van der Waals surface area contributed by atoms with E-state index in [4.69, 9.17) is 4.74 Å². The summed E-state index contributed by atoms with van der Waals surface area (Å²) in [6.45, 7) is 2.83. The lowest BCUT2D eigenvalue weighted by atomic mass is 9.96. The van der Waals surface area contributed by atoms with E-state index in [0.29, 0.717) is 18.9 Å². The van der Waals surface area contributed by atoms with Gasteiger partial charge in [0.05, 0.1) is 5.92 Å². The number of rotatable bonds is 4. The molecule has 23 heavy (non-hydrogen) atoms. The smallest absolute Gasteiger partial charge is 0.228 e. The van der Waals surface area contributed by atoms with Gasteiger partial charge in [-0.25, -0.2) is 0 Å². The number of carbonyl (C=O) groups excluding carboxylic acids is 2. The van der Waals surface area contributed by atoms with Gasteiger partial charge in [-0.2, -0.15) is 0 Å². The summed E-state index contributed by atoms with van der Waals surface area (Å²) in [5, 5.41) is 0. The number of methoxy groups -OCH3 is 1. The fourth-order valence-electron chi connectivity index (χ4n) is 3.54. The Labute approximate surface area is 137 Å². The number of carbonyl (C=O) groups is 2. The second kappa shape index (κ2) is 7.13. The Balaban J connectivity index is 1.58. The highest BCUT2D eigenvalue weighted by Gasteiger charge is 2.37. The van der Waals surface area contributed by atoms with Crippen molar-refractivity contribution in [1.82, 2.24) is 4.90 Å². The molecule has 0 spiro atoms. The molecular formula is C18H24N2O3. The van der Waals surface area contributed by atoms with Gasteiger partial charge in [-0.1, -0.05) is 18.2 Å². The molecule has 0 aromatic heterocycles. The van der Waals surface area contributed by atoms with Gasteiger partial charge in [0, 0.05) is 45.5 Å². The SMILES string of the molecule is COCC1CCN(C(=O)C2CC(=O)N(c3ccccc3)C2)CC1. The highest BCUT2D eigenvalue weighted by molar-refractivity contribution is 6.00. The summed E-state index contributed by atoms with van der Waals surface area (Å²) in [5.41, 5.74) is 0.881. The van der Waals surface area contributed by atoms with Gasteiger partial charge in [-0.05, 0) is 30.9 Å². The Kier molecular flexibility index (Phi) is 4.96. The van der Waals surface area contributed by atoms with Crippen LogP contribution in [0.3, 0.4) is 0 Å². The summed E-state index contributed by atoms with van der Waals surface area (Å²) in [6.07, 6.45) is 2.30. The number of nitrogens with zero attached hydrogens (tertiary/aromatic N) is 2. The fraction of sp³-hybridized carbons (Fsp3) is 0.556. The first-order chi connectivity index (χ1) is 11.2. The first kappa shape index (κ1) is 16.0. The molecule has 5 heteroatoms. The van der Waals surface area contributed by atoms with E-state index in [1.807, 2.05) is 35.2 Å². The highest BCUT2D eigenvalue weighted by Crippen LogP contribution is 2.27. The van der Waals surface area contributed by atoms with Gasteiger partial charge in [0.15, 0.2) is 0 Å². The molecule has 1 atom stereocenters. The van der Waals surface area contributed by atoms with Gasteiger partial charge in [0.2, 0.25) is 11.8 Å². The first-order valence-electron chi connectivity index (χ1n) is 8.32. The molecule has 1 unspecified atom stereocenters. The molecule has 1 aromatic rings. The fourth-order valence-corrected chi connectivity index (χ4v) is 3.54. The third kappa shape index (κ3) is 3.55. The maximum atomic E-state index is 12.7. The molecule has 0 bridgehead atoms. The quantitative estimate of drug-likeness (QED) is 0.853. The number of para-hydroxylation sites is 1. The van der Waals surface area contributed by atoms with E-state index < -0.39 is 0 Å². The molecule has 2 aliphatic rings. The molecule has 0 saturated carbocycles. The zero-order valence-corrected chi connectivity index (χ0v) is 13.6. The average Bonchev–Trinajstić information content (AvgIpc) is 2.98. The van der Waals surface area contributed by atoms with E-state index in [0.717, 1.165) is 38.2 Å².